The monoisotopic (exact) mass is 320 g/mol. The van der Waals surface area contributed by atoms with Gasteiger partial charge >= 0.3 is 0 Å². The number of para-hydroxylation sites is 1. The van der Waals surface area contributed by atoms with Crippen LogP contribution in [-0.4, -0.2) is 23.0 Å². The molecule has 24 heavy (non-hydrogen) atoms. The average Bonchev–Trinajstić information content (AvgIpc) is 2.98. The van der Waals surface area contributed by atoms with E-state index in [1.807, 2.05) is 30.5 Å². The number of carbonyl (C=O) groups excluding carboxylic acids is 2. The second-order valence-electron chi connectivity index (χ2n) is 5.25. The maximum Gasteiger partial charge on any atom is 0.271 e. The highest BCUT2D eigenvalue weighted by molar-refractivity contribution is 6.00. The van der Waals surface area contributed by atoms with Gasteiger partial charge in [-0.2, -0.15) is 5.10 Å². The van der Waals surface area contributed by atoms with Crippen molar-refractivity contribution in [1.29, 1.82) is 0 Å². The van der Waals surface area contributed by atoms with Crippen LogP contribution in [0.25, 0.3) is 10.9 Å². The molecule has 0 bridgehead atoms. The van der Waals surface area contributed by atoms with E-state index in [-0.39, 0.29) is 11.8 Å². The fourth-order valence-electron chi connectivity index (χ4n) is 2.33. The molecule has 0 saturated carbocycles. The Hall–Kier alpha value is -3.41. The van der Waals surface area contributed by atoms with Crippen LogP contribution in [0, 0.1) is 0 Å². The van der Waals surface area contributed by atoms with Gasteiger partial charge in [-0.15, -0.1) is 0 Å². The number of rotatable bonds is 4. The molecule has 1 aromatic heterocycles. The molecule has 0 atom stereocenters. The van der Waals surface area contributed by atoms with E-state index in [4.69, 9.17) is 0 Å². The minimum atomic E-state index is -0.319. The molecule has 3 N–H and O–H groups in total. The quantitative estimate of drug-likeness (QED) is 0.510. The Balaban J connectivity index is 1.65. The summed E-state index contributed by atoms with van der Waals surface area (Å²) in [5.41, 5.74) is 5.50. The van der Waals surface area contributed by atoms with E-state index < -0.39 is 0 Å². The van der Waals surface area contributed by atoms with Crippen molar-refractivity contribution in [1.82, 2.24) is 10.4 Å². The lowest BCUT2D eigenvalue weighted by Gasteiger charge is -2.03. The minimum absolute atomic E-state index is 0.157. The van der Waals surface area contributed by atoms with Crippen LogP contribution in [0.15, 0.2) is 59.8 Å². The van der Waals surface area contributed by atoms with E-state index in [1.165, 1.54) is 6.92 Å². The first-order chi connectivity index (χ1) is 11.6. The Morgan fingerprint density at radius 2 is 1.83 bits per heavy atom. The molecular weight excluding hydrogens is 304 g/mol. The lowest BCUT2D eigenvalue weighted by Crippen LogP contribution is -2.17. The van der Waals surface area contributed by atoms with Crippen molar-refractivity contribution >= 4 is 34.6 Å². The van der Waals surface area contributed by atoms with E-state index >= 15 is 0 Å². The van der Waals surface area contributed by atoms with E-state index in [1.54, 1.807) is 30.5 Å². The number of aromatic amines is 1. The summed E-state index contributed by atoms with van der Waals surface area (Å²) in [7, 11) is 0. The van der Waals surface area contributed by atoms with Crippen LogP contribution < -0.4 is 10.7 Å². The highest BCUT2D eigenvalue weighted by atomic mass is 16.2. The average molecular weight is 320 g/mol. The fourth-order valence-corrected chi connectivity index (χ4v) is 2.33. The number of hydrogen-bond donors (Lipinski definition) is 3. The Labute approximate surface area is 138 Å². The molecule has 120 valence electrons. The van der Waals surface area contributed by atoms with Crippen molar-refractivity contribution in [2.24, 2.45) is 5.10 Å². The lowest BCUT2D eigenvalue weighted by molar-refractivity contribution is -0.114. The number of benzene rings is 2. The number of hydrazone groups is 1. The van der Waals surface area contributed by atoms with Crippen molar-refractivity contribution in [3.63, 3.8) is 0 Å². The van der Waals surface area contributed by atoms with Crippen molar-refractivity contribution < 1.29 is 9.59 Å². The third kappa shape index (κ3) is 3.49. The van der Waals surface area contributed by atoms with Crippen LogP contribution >= 0.6 is 0 Å². The molecule has 3 aromatic rings. The van der Waals surface area contributed by atoms with Gasteiger partial charge in [-0.05, 0) is 30.3 Å². The van der Waals surface area contributed by atoms with E-state index in [9.17, 15) is 9.59 Å². The molecule has 0 unspecified atom stereocenters. The number of hydrogen-bond acceptors (Lipinski definition) is 3. The molecule has 0 radical (unpaired) electrons. The summed E-state index contributed by atoms with van der Waals surface area (Å²) in [4.78, 5) is 26.2. The molecular formula is C18H16N4O2. The van der Waals surface area contributed by atoms with Gasteiger partial charge in [-0.3, -0.25) is 9.59 Å². The third-order valence-corrected chi connectivity index (χ3v) is 3.46. The smallest absolute Gasteiger partial charge is 0.271 e. The first-order valence-corrected chi connectivity index (χ1v) is 7.40. The van der Waals surface area contributed by atoms with Crippen LogP contribution in [0.2, 0.25) is 0 Å². The van der Waals surface area contributed by atoms with Gasteiger partial charge in [-0.1, -0.05) is 18.2 Å². The van der Waals surface area contributed by atoms with E-state index in [0.29, 0.717) is 11.3 Å². The molecule has 0 aliphatic carbocycles. The van der Waals surface area contributed by atoms with Gasteiger partial charge in [0.2, 0.25) is 5.91 Å². The maximum atomic E-state index is 12.1. The van der Waals surface area contributed by atoms with Gasteiger partial charge in [-0.25, -0.2) is 5.43 Å². The topological polar surface area (TPSA) is 86.3 Å². The molecule has 6 heteroatoms. The predicted octanol–water partition coefficient (Wildman–Crippen LogP) is 2.89. The molecule has 2 aromatic carbocycles. The van der Waals surface area contributed by atoms with Crippen molar-refractivity contribution in [3.8, 4) is 0 Å². The molecule has 0 spiro atoms. The first-order valence-electron chi connectivity index (χ1n) is 7.40. The van der Waals surface area contributed by atoms with E-state index in [0.717, 1.165) is 16.5 Å². The predicted molar refractivity (Wildman–Crippen MR) is 94.1 cm³/mol. The van der Waals surface area contributed by atoms with Crippen molar-refractivity contribution in [3.05, 3.63) is 65.9 Å². The summed E-state index contributed by atoms with van der Waals surface area (Å²) in [5, 5.41) is 7.68. The third-order valence-electron chi connectivity index (χ3n) is 3.46. The summed E-state index contributed by atoms with van der Waals surface area (Å²) in [5.74, 6) is -0.476. The number of amides is 2. The zero-order valence-electron chi connectivity index (χ0n) is 13.0. The number of anilines is 1. The summed E-state index contributed by atoms with van der Waals surface area (Å²) in [6, 6.07) is 14.4. The van der Waals surface area contributed by atoms with Crippen LogP contribution in [0.1, 0.15) is 22.8 Å². The number of nitrogens with one attached hydrogen (secondary N) is 3. The van der Waals surface area contributed by atoms with Gasteiger partial charge < -0.3 is 10.3 Å². The lowest BCUT2D eigenvalue weighted by atomic mass is 10.2. The standard InChI is InChI=1S/C18H16N4O2/c1-12(23)21-15-8-6-13(7-9-15)18(24)22-20-11-14-10-19-17-5-3-2-4-16(14)17/h2-11,19H,1H3,(H,21,23)(H,22,24)/b20-11+. The van der Waals surface area contributed by atoms with Gasteiger partial charge in [0.15, 0.2) is 0 Å². The summed E-state index contributed by atoms with van der Waals surface area (Å²) < 4.78 is 0. The molecule has 2 amide bonds. The fraction of sp³-hybridized carbons (Fsp3) is 0.0556. The molecule has 3 rings (SSSR count). The summed E-state index contributed by atoms with van der Waals surface area (Å²) >= 11 is 0. The Morgan fingerprint density at radius 3 is 2.58 bits per heavy atom. The zero-order valence-corrected chi connectivity index (χ0v) is 13.0. The SMILES string of the molecule is CC(=O)Nc1ccc(C(=O)N/N=C/c2c[nH]c3ccccc23)cc1. The Bertz CT molecular complexity index is 910. The van der Waals surface area contributed by atoms with Crippen molar-refractivity contribution in [2.45, 2.75) is 6.92 Å². The molecule has 6 nitrogen and oxygen atoms in total. The minimum Gasteiger partial charge on any atom is -0.361 e. The number of aromatic nitrogens is 1. The highest BCUT2D eigenvalue weighted by Gasteiger charge is 2.05. The Morgan fingerprint density at radius 1 is 1.08 bits per heavy atom. The largest absolute Gasteiger partial charge is 0.361 e. The molecule has 0 aliphatic rings. The highest BCUT2D eigenvalue weighted by Crippen LogP contribution is 2.15. The first kappa shape index (κ1) is 15.5. The normalized spacial score (nSPS) is 10.9. The molecule has 0 aliphatic heterocycles. The number of nitrogens with zero attached hydrogens (tertiary/aromatic N) is 1. The maximum absolute atomic E-state index is 12.1. The zero-order chi connectivity index (χ0) is 16.9. The van der Waals surface area contributed by atoms with Crippen LogP contribution in [-0.2, 0) is 4.79 Å². The molecule has 0 saturated heterocycles. The van der Waals surface area contributed by atoms with E-state index in [2.05, 4.69) is 20.8 Å². The summed E-state index contributed by atoms with van der Waals surface area (Å²) in [6.07, 6.45) is 3.44. The number of fused-ring (bicyclic) bond motifs is 1. The van der Waals surface area contributed by atoms with Crippen LogP contribution in [0.4, 0.5) is 5.69 Å². The second kappa shape index (κ2) is 6.78. The molecule has 0 fully saturated rings. The van der Waals surface area contributed by atoms with Gasteiger partial charge in [0.1, 0.15) is 0 Å². The van der Waals surface area contributed by atoms with Crippen LogP contribution in [0.3, 0.4) is 0 Å². The Kier molecular flexibility index (Phi) is 4.38. The van der Waals surface area contributed by atoms with Crippen LogP contribution in [0.5, 0.6) is 0 Å². The van der Waals surface area contributed by atoms with Gasteiger partial charge in [0, 0.05) is 40.8 Å². The molecule has 1 heterocycles. The second-order valence-corrected chi connectivity index (χ2v) is 5.25. The number of H-pyrrole nitrogens is 1. The van der Waals surface area contributed by atoms with Gasteiger partial charge in [0.25, 0.3) is 5.91 Å². The van der Waals surface area contributed by atoms with Gasteiger partial charge in [0.05, 0.1) is 6.21 Å². The number of carbonyl (C=O) groups is 2. The van der Waals surface area contributed by atoms with Crippen molar-refractivity contribution in [2.75, 3.05) is 5.32 Å². The summed E-state index contributed by atoms with van der Waals surface area (Å²) in [6.45, 7) is 1.43.